The van der Waals surface area contributed by atoms with Gasteiger partial charge in [0.25, 0.3) is 0 Å². The Morgan fingerprint density at radius 2 is 2.45 bits per heavy atom. The lowest BCUT2D eigenvalue weighted by molar-refractivity contribution is -0.142. The summed E-state index contributed by atoms with van der Waals surface area (Å²) in [6.45, 7) is 1.77. The second-order valence-corrected chi connectivity index (χ2v) is 2.30. The third kappa shape index (κ3) is 1.61. The Bertz CT molecular complexity index is 225. The van der Waals surface area contributed by atoms with E-state index in [1.807, 2.05) is 0 Å². The van der Waals surface area contributed by atoms with Gasteiger partial charge in [-0.1, -0.05) is 0 Å². The van der Waals surface area contributed by atoms with Crippen LogP contribution in [0, 0.1) is 0 Å². The fraction of sp³-hybridized carbons (Fsp3) is 0.375. The summed E-state index contributed by atoms with van der Waals surface area (Å²) in [6.07, 6.45) is 3.08. The molecule has 0 spiro atoms. The number of carbonyl (C=O) groups excluding carboxylic acids is 1. The van der Waals surface area contributed by atoms with Gasteiger partial charge in [0.2, 0.25) is 0 Å². The molecule has 60 valence electrons. The van der Waals surface area contributed by atoms with Crippen LogP contribution in [-0.4, -0.2) is 13.1 Å². The van der Waals surface area contributed by atoms with Gasteiger partial charge in [-0.15, -0.1) is 0 Å². The Labute approximate surface area is 65.0 Å². The summed E-state index contributed by atoms with van der Waals surface area (Å²) in [7, 11) is 1.37. The molecule has 11 heavy (non-hydrogen) atoms. The van der Waals surface area contributed by atoms with E-state index in [1.54, 1.807) is 19.3 Å². The van der Waals surface area contributed by atoms with E-state index in [0.717, 1.165) is 5.56 Å². The Morgan fingerprint density at radius 1 is 1.73 bits per heavy atom. The summed E-state index contributed by atoms with van der Waals surface area (Å²) >= 11 is 0. The molecule has 0 saturated heterocycles. The molecule has 3 nitrogen and oxygen atoms in total. The fourth-order valence-corrected chi connectivity index (χ4v) is 0.834. The van der Waals surface area contributed by atoms with Gasteiger partial charge in [0.1, 0.15) is 0 Å². The second-order valence-electron chi connectivity index (χ2n) is 2.30. The molecule has 0 aliphatic rings. The van der Waals surface area contributed by atoms with Crippen molar-refractivity contribution in [3.05, 3.63) is 24.2 Å². The number of furan rings is 1. The van der Waals surface area contributed by atoms with Gasteiger partial charge in [-0.2, -0.15) is 0 Å². The van der Waals surface area contributed by atoms with Gasteiger partial charge in [0.15, 0.2) is 0 Å². The second kappa shape index (κ2) is 3.23. The Balaban J connectivity index is 2.70. The van der Waals surface area contributed by atoms with E-state index in [0.29, 0.717) is 0 Å². The molecule has 0 radical (unpaired) electrons. The molecule has 1 atom stereocenters. The molecule has 1 heterocycles. The average molecular weight is 154 g/mol. The molecule has 1 rings (SSSR count). The van der Waals surface area contributed by atoms with E-state index in [-0.39, 0.29) is 11.9 Å². The molecule has 1 unspecified atom stereocenters. The molecule has 0 amide bonds. The third-order valence-electron chi connectivity index (χ3n) is 1.60. The maximum absolute atomic E-state index is 10.9. The summed E-state index contributed by atoms with van der Waals surface area (Å²) < 4.78 is 9.38. The standard InChI is InChI=1S/C8H10O3/c1-6(8(9)10-2)7-3-4-11-5-7/h3-6H,1-2H3. The molecule has 0 saturated carbocycles. The van der Waals surface area contributed by atoms with Crippen molar-refractivity contribution in [1.29, 1.82) is 0 Å². The minimum Gasteiger partial charge on any atom is -0.472 e. The van der Waals surface area contributed by atoms with Crippen molar-refractivity contribution in [2.45, 2.75) is 12.8 Å². The molecule has 0 aliphatic heterocycles. The number of rotatable bonds is 2. The zero-order valence-corrected chi connectivity index (χ0v) is 6.53. The highest BCUT2D eigenvalue weighted by Gasteiger charge is 2.15. The highest BCUT2D eigenvalue weighted by molar-refractivity contribution is 5.77. The summed E-state index contributed by atoms with van der Waals surface area (Å²) in [4.78, 5) is 10.9. The molecule has 1 aromatic heterocycles. The van der Waals surface area contributed by atoms with Gasteiger partial charge in [-0.05, 0) is 13.0 Å². The Hall–Kier alpha value is -1.25. The highest BCUT2D eigenvalue weighted by atomic mass is 16.5. The van der Waals surface area contributed by atoms with E-state index >= 15 is 0 Å². The molecule has 0 aromatic carbocycles. The SMILES string of the molecule is COC(=O)C(C)c1ccoc1. The zero-order chi connectivity index (χ0) is 8.27. The molecule has 0 bridgehead atoms. The van der Waals surface area contributed by atoms with Crippen LogP contribution in [0.1, 0.15) is 18.4 Å². The van der Waals surface area contributed by atoms with Crippen molar-refractivity contribution in [3.8, 4) is 0 Å². The van der Waals surface area contributed by atoms with Crippen LogP contribution in [0.2, 0.25) is 0 Å². The van der Waals surface area contributed by atoms with Crippen LogP contribution in [0.4, 0.5) is 0 Å². The number of hydrogen-bond donors (Lipinski definition) is 0. The minimum absolute atomic E-state index is 0.237. The first-order valence-electron chi connectivity index (χ1n) is 3.35. The van der Waals surface area contributed by atoms with E-state index in [2.05, 4.69) is 4.74 Å². The Morgan fingerprint density at radius 3 is 2.91 bits per heavy atom. The molecule has 3 heteroatoms. The predicted octanol–water partition coefficient (Wildman–Crippen LogP) is 1.56. The maximum atomic E-state index is 10.9. The lowest BCUT2D eigenvalue weighted by Crippen LogP contribution is -2.09. The van der Waals surface area contributed by atoms with Gasteiger partial charge in [0, 0.05) is 5.56 Å². The lowest BCUT2D eigenvalue weighted by atomic mass is 10.1. The fourth-order valence-electron chi connectivity index (χ4n) is 0.834. The summed E-state index contributed by atoms with van der Waals surface area (Å²) in [5, 5.41) is 0. The van der Waals surface area contributed by atoms with Gasteiger partial charge in [-0.3, -0.25) is 4.79 Å². The summed E-state index contributed by atoms with van der Waals surface area (Å²) in [6, 6.07) is 1.75. The van der Waals surface area contributed by atoms with Crippen molar-refractivity contribution >= 4 is 5.97 Å². The molecule has 0 N–H and O–H groups in total. The molecule has 0 aliphatic carbocycles. The van der Waals surface area contributed by atoms with E-state index < -0.39 is 0 Å². The topological polar surface area (TPSA) is 39.4 Å². The van der Waals surface area contributed by atoms with Gasteiger partial charge < -0.3 is 9.15 Å². The normalized spacial score (nSPS) is 12.5. The minimum atomic E-state index is -0.244. The monoisotopic (exact) mass is 154 g/mol. The zero-order valence-electron chi connectivity index (χ0n) is 6.53. The predicted molar refractivity (Wildman–Crippen MR) is 39.1 cm³/mol. The summed E-state index contributed by atoms with van der Waals surface area (Å²) in [5.74, 6) is -0.481. The van der Waals surface area contributed by atoms with Crippen LogP contribution < -0.4 is 0 Å². The van der Waals surface area contributed by atoms with Crippen LogP contribution in [0.25, 0.3) is 0 Å². The van der Waals surface area contributed by atoms with Gasteiger partial charge >= 0.3 is 5.97 Å². The number of carbonyl (C=O) groups is 1. The molecular formula is C8H10O3. The van der Waals surface area contributed by atoms with Crippen LogP contribution >= 0.6 is 0 Å². The number of methoxy groups -OCH3 is 1. The van der Waals surface area contributed by atoms with Gasteiger partial charge in [0.05, 0.1) is 25.6 Å². The van der Waals surface area contributed by atoms with E-state index in [4.69, 9.17) is 4.42 Å². The average Bonchev–Trinajstić information content (AvgIpc) is 2.53. The first kappa shape index (κ1) is 7.85. The van der Waals surface area contributed by atoms with Crippen molar-refractivity contribution in [1.82, 2.24) is 0 Å². The van der Waals surface area contributed by atoms with Crippen molar-refractivity contribution < 1.29 is 13.9 Å². The summed E-state index contributed by atoms with van der Waals surface area (Å²) in [5.41, 5.74) is 0.844. The van der Waals surface area contributed by atoms with Crippen LogP contribution in [0.3, 0.4) is 0 Å². The smallest absolute Gasteiger partial charge is 0.312 e. The quantitative estimate of drug-likeness (QED) is 0.607. The lowest BCUT2D eigenvalue weighted by Gasteiger charge is -2.04. The van der Waals surface area contributed by atoms with Crippen LogP contribution in [0.15, 0.2) is 23.0 Å². The van der Waals surface area contributed by atoms with Crippen molar-refractivity contribution in [2.75, 3.05) is 7.11 Å². The van der Waals surface area contributed by atoms with Crippen LogP contribution in [0.5, 0.6) is 0 Å². The molecule has 0 fully saturated rings. The third-order valence-corrected chi connectivity index (χ3v) is 1.60. The molecule has 1 aromatic rings. The number of ether oxygens (including phenoxy) is 1. The maximum Gasteiger partial charge on any atom is 0.312 e. The highest BCUT2D eigenvalue weighted by Crippen LogP contribution is 2.16. The Kier molecular flexibility index (Phi) is 2.31. The molecular weight excluding hydrogens is 144 g/mol. The number of esters is 1. The first-order chi connectivity index (χ1) is 5.25. The van der Waals surface area contributed by atoms with Crippen LogP contribution in [-0.2, 0) is 9.53 Å². The van der Waals surface area contributed by atoms with E-state index in [9.17, 15) is 4.79 Å². The van der Waals surface area contributed by atoms with Crippen molar-refractivity contribution in [2.24, 2.45) is 0 Å². The van der Waals surface area contributed by atoms with Gasteiger partial charge in [-0.25, -0.2) is 0 Å². The number of hydrogen-bond acceptors (Lipinski definition) is 3. The van der Waals surface area contributed by atoms with E-state index in [1.165, 1.54) is 13.4 Å². The first-order valence-corrected chi connectivity index (χ1v) is 3.35. The largest absolute Gasteiger partial charge is 0.472 e. The van der Waals surface area contributed by atoms with Crippen molar-refractivity contribution in [3.63, 3.8) is 0 Å².